The Morgan fingerprint density at radius 2 is 2.00 bits per heavy atom. The maximum atomic E-state index is 12.5. The lowest BCUT2D eigenvalue weighted by Gasteiger charge is -2.11. The summed E-state index contributed by atoms with van der Waals surface area (Å²) in [5, 5.41) is 12.6. The van der Waals surface area contributed by atoms with Crippen LogP contribution in [0.1, 0.15) is 23.1 Å². The zero-order valence-corrected chi connectivity index (χ0v) is 15.9. The fourth-order valence-electron chi connectivity index (χ4n) is 2.79. The zero-order valence-electron chi connectivity index (χ0n) is 15.1. The molecule has 0 saturated carbocycles. The normalized spacial score (nSPS) is 13.5. The van der Waals surface area contributed by atoms with Gasteiger partial charge in [-0.25, -0.2) is 0 Å². The van der Waals surface area contributed by atoms with Gasteiger partial charge in [-0.2, -0.15) is 5.26 Å². The fraction of sp³-hybridized carbons (Fsp3) is 0.238. The van der Waals surface area contributed by atoms with E-state index in [1.807, 2.05) is 38.1 Å². The molecule has 0 unspecified atom stereocenters. The van der Waals surface area contributed by atoms with Gasteiger partial charge in [0.1, 0.15) is 11.6 Å². The zero-order chi connectivity index (χ0) is 19.4. The van der Waals surface area contributed by atoms with E-state index in [0.29, 0.717) is 41.0 Å². The second kappa shape index (κ2) is 8.15. The molecule has 0 saturated heterocycles. The molecule has 0 atom stereocenters. The standard InChI is InChI=1S/C21H19ClN2O3/c1-13-4-5-18(14(2)8-13)24-21(25)16(12-23)9-15-10-17(22)20-19(11-15)26-6-3-7-27-20/h4-5,8-11H,3,6-7H2,1-2H3,(H,24,25). The smallest absolute Gasteiger partial charge is 0.266 e. The highest BCUT2D eigenvalue weighted by atomic mass is 35.5. The number of hydrogen-bond acceptors (Lipinski definition) is 4. The summed E-state index contributed by atoms with van der Waals surface area (Å²) in [5.41, 5.74) is 3.27. The van der Waals surface area contributed by atoms with Gasteiger partial charge in [0.05, 0.1) is 18.2 Å². The Hall–Kier alpha value is -2.97. The van der Waals surface area contributed by atoms with Gasteiger partial charge < -0.3 is 14.8 Å². The van der Waals surface area contributed by atoms with Crippen molar-refractivity contribution in [3.63, 3.8) is 0 Å². The van der Waals surface area contributed by atoms with Gasteiger partial charge in [-0.1, -0.05) is 29.3 Å². The number of carbonyl (C=O) groups is 1. The first kappa shape index (κ1) is 18.8. The monoisotopic (exact) mass is 382 g/mol. The van der Waals surface area contributed by atoms with Crippen molar-refractivity contribution in [2.24, 2.45) is 0 Å². The number of rotatable bonds is 3. The van der Waals surface area contributed by atoms with Gasteiger partial charge in [-0.05, 0) is 49.2 Å². The average molecular weight is 383 g/mol. The Kier molecular flexibility index (Phi) is 5.68. The largest absolute Gasteiger partial charge is 0.489 e. The average Bonchev–Trinajstić information content (AvgIpc) is 2.87. The molecule has 0 radical (unpaired) electrons. The lowest BCUT2D eigenvalue weighted by Crippen LogP contribution is -2.14. The highest BCUT2D eigenvalue weighted by Gasteiger charge is 2.17. The summed E-state index contributed by atoms with van der Waals surface area (Å²) >= 11 is 6.27. The molecule has 1 heterocycles. The van der Waals surface area contributed by atoms with Crippen LogP contribution < -0.4 is 14.8 Å². The van der Waals surface area contributed by atoms with Crippen molar-refractivity contribution in [3.05, 3.63) is 57.6 Å². The summed E-state index contributed by atoms with van der Waals surface area (Å²) < 4.78 is 11.2. The van der Waals surface area contributed by atoms with E-state index in [-0.39, 0.29) is 5.57 Å². The SMILES string of the molecule is Cc1ccc(NC(=O)C(C#N)=Cc2cc(Cl)c3c(c2)OCCCO3)c(C)c1. The number of benzene rings is 2. The van der Waals surface area contributed by atoms with Gasteiger partial charge in [0.15, 0.2) is 11.5 Å². The van der Waals surface area contributed by atoms with Crippen LogP contribution in [0.2, 0.25) is 5.02 Å². The molecular formula is C21H19ClN2O3. The number of nitrogens with zero attached hydrogens (tertiary/aromatic N) is 1. The summed E-state index contributed by atoms with van der Waals surface area (Å²) in [4.78, 5) is 12.5. The second-order valence-corrected chi connectivity index (χ2v) is 6.73. The summed E-state index contributed by atoms with van der Waals surface area (Å²) in [6, 6.07) is 11.0. The number of halogens is 1. The van der Waals surface area contributed by atoms with E-state index in [1.165, 1.54) is 6.08 Å². The molecule has 5 nitrogen and oxygen atoms in total. The summed E-state index contributed by atoms with van der Waals surface area (Å²) in [5.74, 6) is 0.524. The van der Waals surface area contributed by atoms with Crippen LogP contribution in [-0.2, 0) is 4.79 Å². The Bertz CT molecular complexity index is 961. The maximum Gasteiger partial charge on any atom is 0.266 e. The quantitative estimate of drug-likeness (QED) is 0.618. The third-order valence-electron chi connectivity index (χ3n) is 4.13. The van der Waals surface area contributed by atoms with Gasteiger partial charge in [-0.3, -0.25) is 4.79 Å². The minimum atomic E-state index is -0.479. The molecule has 0 spiro atoms. The second-order valence-electron chi connectivity index (χ2n) is 6.32. The molecule has 27 heavy (non-hydrogen) atoms. The van der Waals surface area contributed by atoms with E-state index in [1.54, 1.807) is 12.1 Å². The van der Waals surface area contributed by atoms with E-state index in [9.17, 15) is 10.1 Å². The van der Waals surface area contributed by atoms with Crippen LogP contribution in [-0.4, -0.2) is 19.1 Å². The first-order chi connectivity index (χ1) is 13.0. The number of amides is 1. The highest BCUT2D eigenvalue weighted by Crippen LogP contribution is 2.38. The van der Waals surface area contributed by atoms with Crippen LogP contribution in [0.15, 0.2) is 35.9 Å². The molecule has 2 aromatic carbocycles. The molecule has 1 N–H and O–H groups in total. The number of ether oxygens (including phenoxy) is 2. The molecule has 2 aromatic rings. The number of anilines is 1. The third kappa shape index (κ3) is 4.42. The first-order valence-electron chi connectivity index (χ1n) is 8.57. The summed E-state index contributed by atoms with van der Waals surface area (Å²) in [6.45, 7) is 4.94. The van der Waals surface area contributed by atoms with Gasteiger partial charge in [0.2, 0.25) is 0 Å². The maximum absolute atomic E-state index is 12.5. The fourth-order valence-corrected chi connectivity index (χ4v) is 3.07. The Morgan fingerprint density at radius 3 is 2.74 bits per heavy atom. The predicted octanol–water partition coefficient (Wildman–Crippen LogP) is 4.66. The molecule has 6 heteroatoms. The predicted molar refractivity (Wildman–Crippen MR) is 105 cm³/mol. The van der Waals surface area contributed by atoms with E-state index in [2.05, 4.69) is 5.32 Å². The molecule has 0 bridgehead atoms. The van der Waals surface area contributed by atoms with E-state index >= 15 is 0 Å². The molecule has 1 amide bonds. The Morgan fingerprint density at radius 1 is 1.22 bits per heavy atom. The topological polar surface area (TPSA) is 71.4 Å². The van der Waals surface area contributed by atoms with Crippen molar-refractivity contribution >= 4 is 29.3 Å². The van der Waals surface area contributed by atoms with Crippen LogP contribution >= 0.6 is 11.6 Å². The number of nitriles is 1. The van der Waals surface area contributed by atoms with Gasteiger partial charge in [-0.15, -0.1) is 0 Å². The van der Waals surface area contributed by atoms with Crippen molar-refractivity contribution in [1.29, 1.82) is 5.26 Å². The Labute approximate surface area is 163 Å². The summed E-state index contributed by atoms with van der Waals surface area (Å²) in [7, 11) is 0. The van der Waals surface area contributed by atoms with Crippen molar-refractivity contribution in [1.82, 2.24) is 0 Å². The minimum Gasteiger partial charge on any atom is -0.489 e. The number of aryl methyl sites for hydroxylation is 2. The minimum absolute atomic E-state index is 0.0273. The van der Waals surface area contributed by atoms with Crippen molar-refractivity contribution in [3.8, 4) is 17.6 Å². The van der Waals surface area contributed by atoms with Gasteiger partial charge >= 0.3 is 0 Å². The number of nitrogens with one attached hydrogen (secondary N) is 1. The summed E-state index contributed by atoms with van der Waals surface area (Å²) in [6.07, 6.45) is 2.25. The van der Waals surface area contributed by atoms with E-state index < -0.39 is 5.91 Å². The van der Waals surface area contributed by atoms with Crippen molar-refractivity contribution in [2.45, 2.75) is 20.3 Å². The van der Waals surface area contributed by atoms with Gasteiger partial charge in [0.25, 0.3) is 5.91 Å². The molecule has 1 aliphatic heterocycles. The van der Waals surface area contributed by atoms with Crippen molar-refractivity contribution < 1.29 is 14.3 Å². The molecule has 3 rings (SSSR count). The molecule has 0 fully saturated rings. The number of hydrogen-bond donors (Lipinski definition) is 1. The highest BCUT2D eigenvalue weighted by molar-refractivity contribution is 6.32. The van der Waals surface area contributed by atoms with Crippen molar-refractivity contribution in [2.75, 3.05) is 18.5 Å². The molecule has 1 aliphatic rings. The van der Waals surface area contributed by atoms with Crippen LogP contribution in [0.5, 0.6) is 11.5 Å². The van der Waals surface area contributed by atoms with E-state index in [0.717, 1.165) is 17.5 Å². The van der Waals surface area contributed by atoms with E-state index in [4.69, 9.17) is 21.1 Å². The first-order valence-corrected chi connectivity index (χ1v) is 8.95. The molecule has 0 aromatic heterocycles. The van der Waals surface area contributed by atoms with Crippen LogP contribution in [0.4, 0.5) is 5.69 Å². The van der Waals surface area contributed by atoms with Crippen LogP contribution in [0.3, 0.4) is 0 Å². The molecular weight excluding hydrogens is 364 g/mol. The molecule has 138 valence electrons. The lowest BCUT2D eigenvalue weighted by atomic mass is 10.1. The van der Waals surface area contributed by atoms with Crippen LogP contribution in [0.25, 0.3) is 6.08 Å². The van der Waals surface area contributed by atoms with Crippen LogP contribution in [0, 0.1) is 25.2 Å². The number of fused-ring (bicyclic) bond motifs is 1. The number of carbonyl (C=O) groups excluding carboxylic acids is 1. The Balaban J connectivity index is 1.87. The third-order valence-corrected chi connectivity index (χ3v) is 4.41. The van der Waals surface area contributed by atoms with Gasteiger partial charge in [0, 0.05) is 12.1 Å². The lowest BCUT2D eigenvalue weighted by molar-refractivity contribution is -0.112. The molecule has 0 aliphatic carbocycles.